The smallest absolute Gasteiger partial charge is 0.407 e. The second-order valence-corrected chi connectivity index (χ2v) is 9.39. The van der Waals surface area contributed by atoms with Gasteiger partial charge in [-0.1, -0.05) is 50.2 Å². The summed E-state index contributed by atoms with van der Waals surface area (Å²) in [5.41, 5.74) is 3.16. The number of benzene rings is 2. The van der Waals surface area contributed by atoms with Crippen LogP contribution < -0.4 is 10.1 Å². The predicted octanol–water partition coefficient (Wildman–Crippen LogP) is 5.20. The highest BCUT2D eigenvalue weighted by molar-refractivity contribution is 5.68. The van der Waals surface area contributed by atoms with Crippen molar-refractivity contribution in [3.05, 3.63) is 58.7 Å². The zero-order valence-electron chi connectivity index (χ0n) is 18.9. The summed E-state index contributed by atoms with van der Waals surface area (Å²) < 4.78 is 11.7. The standard InChI is InChI=1S/C25H31NO5/c1-24(2,3)31-23(29)26-15-14-17-9-7-11-19-22(17)30-21-16(12-13-20(27)28)8-6-10-18(21)25(19,4)5/h6-11H,12-15H2,1-5H3,(H,26,29)(H,27,28). The van der Waals surface area contributed by atoms with Gasteiger partial charge in [0.15, 0.2) is 0 Å². The lowest BCUT2D eigenvalue weighted by molar-refractivity contribution is -0.136. The minimum absolute atomic E-state index is 0.0502. The highest BCUT2D eigenvalue weighted by Gasteiger charge is 2.36. The molecular formula is C25H31NO5. The van der Waals surface area contributed by atoms with Gasteiger partial charge in [0.1, 0.15) is 17.1 Å². The molecule has 0 aromatic heterocycles. The summed E-state index contributed by atoms with van der Waals surface area (Å²) in [5, 5.41) is 11.9. The molecule has 2 N–H and O–H groups in total. The van der Waals surface area contributed by atoms with E-state index in [0.29, 0.717) is 19.4 Å². The number of rotatable bonds is 6. The van der Waals surface area contributed by atoms with Crippen LogP contribution in [-0.2, 0) is 27.8 Å². The second-order valence-electron chi connectivity index (χ2n) is 9.39. The third-order valence-electron chi connectivity index (χ3n) is 5.41. The molecule has 0 radical (unpaired) electrons. The van der Waals surface area contributed by atoms with Crippen LogP contribution in [0.5, 0.6) is 11.5 Å². The maximum Gasteiger partial charge on any atom is 0.407 e. The van der Waals surface area contributed by atoms with Crippen LogP contribution in [0.25, 0.3) is 0 Å². The number of para-hydroxylation sites is 2. The molecule has 6 nitrogen and oxygen atoms in total. The third kappa shape index (κ3) is 5.19. The number of amides is 1. The lowest BCUT2D eigenvalue weighted by atomic mass is 9.74. The number of hydrogen-bond donors (Lipinski definition) is 2. The summed E-state index contributed by atoms with van der Waals surface area (Å²) in [6.45, 7) is 10.2. The number of aryl methyl sites for hydroxylation is 1. The average molecular weight is 426 g/mol. The van der Waals surface area contributed by atoms with Gasteiger partial charge in [-0.15, -0.1) is 0 Å². The van der Waals surface area contributed by atoms with Crippen molar-refractivity contribution in [2.45, 2.75) is 64.9 Å². The number of aliphatic carboxylic acids is 1. The normalized spacial score (nSPS) is 14.1. The molecular weight excluding hydrogens is 394 g/mol. The van der Waals surface area contributed by atoms with Crippen LogP contribution in [0.3, 0.4) is 0 Å². The molecule has 1 heterocycles. The Labute approximate surface area is 183 Å². The molecule has 1 amide bonds. The van der Waals surface area contributed by atoms with Crippen LogP contribution in [0.15, 0.2) is 36.4 Å². The van der Waals surface area contributed by atoms with E-state index < -0.39 is 17.7 Å². The fraction of sp³-hybridized carbons (Fsp3) is 0.440. The number of alkyl carbamates (subject to hydrolysis) is 1. The van der Waals surface area contributed by atoms with Crippen molar-refractivity contribution < 1.29 is 24.2 Å². The van der Waals surface area contributed by atoms with Crippen LogP contribution in [0.1, 0.15) is 63.3 Å². The molecule has 1 aliphatic rings. The first-order chi connectivity index (χ1) is 14.5. The largest absolute Gasteiger partial charge is 0.481 e. The number of carboxylic acid groups (broad SMARTS) is 1. The van der Waals surface area contributed by atoms with E-state index in [1.54, 1.807) is 0 Å². The monoisotopic (exact) mass is 425 g/mol. The lowest BCUT2D eigenvalue weighted by Crippen LogP contribution is -2.33. The van der Waals surface area contributed by atoms with Gasteiger partial charge in [-0.3, -0.25) is 4.79 Å². The van der Waals surface area contributed by atoms with Crippen molar-refractivity contribution in [2.75, 3.05) is 6.54 Å². The highest BCUT2D eigenvalue weighted by atomic mass is 16.6. The van der Waals surface area contributed by atoms with Crippen molar-refractivity contribution in [3.8, 4) is 11.5 Å². The Morgan fingerprint density at radius 1 is 1.00 bits per heavy atom. The minimum atomic E-state index is -0.832. The summed E-state index contributed by atoms with van der Waals surface area (Å²) in [4.78, 5) is 23.1. The Kier molecular flexibility index (Phi) is 6.30. The van der Waals surface area contributed by atoms with Gasteiger partial charge in [-0.25, -0.2) is 4.79 Å². The van der Waals surface area contributed by atoms with E-state index in [1.165, 1.54) is 0 Å². The Balaban J connectivity index is 1.85. The number of carbonyl (C=O) groups excluding carboxylic acids is 1. The van der Waals surface area contributed by atoms with Gasteiger partial charge in [-0.05, 0) is 44.7 Å². The fourth-order valence-electron chi connectivity index (χ4n) is 3.89. The number of fused-ring (bicyclic) bond motifs is 2. The number of carboxylic acids is 1. The molecule has 166 valence electrons. The Bertz CT molecular complexity index is 988. The van der Waals surface area contributed by atoms with E-state index in [1.807, 2.05) is 51.1 Å². The molecule has 0 spiro atoms. The van der Waals surface area contributed by atoms with Crippen molar-refractivity contribution in [3.63, 3.8) is 0 Å². The van der Waals surface area contributed by atoms with E-state index in [9.17, 15) is 9.59 Å². The van der Waals surface area contributed by atoms with Gasteiger partial charge < -0.3 is 19.9 Å². The Morgan fingerprint density at radius 3 is 2.06 bits per heavy atom. The molecule has 0 bridgehead atoms. The van der Waals surface area contributed by atoms with Gasteiger partial charge in [0.2, 0.25) is 0 Å². The molecule has 0 atom stereocenters. The second kappa shape index (κ2) is 8.61. The molecule has 0 unspecified atom stereocenters. The molecule has 0 fully saturated rings. The molecule has 0 aliphatic carbocycles. The lowest BCUT2D eigenvalue weighted by Gasteiger charge is -2.36. The summed E-state index contributed by atoms with van der Waals surface area (Å²) in [7, 11) is 0. The van der Waals surface area contributed by atoms with Crippen molar-refractivity contribution in [1.82, 2.24) is 5.32 Å². The quantitative estimate of drug-likeness (QED) is 0.664. The number of carbonyl (C=O) groups is 2. The van der Waals surface area contributed by atoms with Crippen LogP contribution >= 0.6 is 0 Å². The zero-order chi connectivity index (χ0) is 22.8. The Morgan fingerprint density at radius 2 is 1.55 bits per heavy atom. The third-order valence-corrected chi connectivity index (χ3v) is 5.41. The van der Waals surface area contributed by atoms with Gasteiger partial charge in [-0.2, -0.15) is 0 Å². The SMILES string of the molecule is CC(C)(C)OC(=O)NCCc1cccc2c1Oc1c(CCC(=O)O)cccc1C2(C)C. The first-order valence-electron chi connectivity index (χ1n) is 10.6. The van der Waals surface area contributed by atoms with Crippen molar-refractivity contribution in [1.29, 1.82) is 0 Å². The maximum atomic E-state index is 12.0. The van der Waals surface area contributed by atoms with Crippen molar-refractivity contribution >= 4 is 12.1 Å². The molecule has 2 aromatic carbocycles. The van der Waals surface area contributed by atoms with Gasteiger partial charge in [0, 0.05) is 29.5 Å². The summed E-state index contributed by atoms with van der Waals surface area (Å²) in [5.74, 6) is 0.699. The number of ether oxygens (including phenoxy) is 2. The summed E-state index contributed by atoms with van der Waals surface area (Å²) >= 11 is 0. The van der Waals surface area contributed by atoms with Crippen LogP contribution in [0.2, 0.25) is 0 Å². The highest BCUT2D eigenvalue weighted by Crippen LogP contribution is 2.50. The van der Waals surface area contributed by atoms with Crippen LogP contribution in [-0.4, -0.2) is 29.3 Å². The Hall–Kier alpha value is -3.02. The molecule has 6 heteroatoms. The zero-order valence-corrected chi connectivity index (χ0v) is 18.9. The van der Waals surface area contributed by atoms with E-state index in [-0.39, 0.29) is 11.8 Å². The van der Waals surface area contributed by atoms with E-state index >= 15 is 0 Å². The predicted molar refractivity (Wildman–Crippen MR) is 119 cm³/mol. The summed E-state index contributed by atoms with van der Waals surface area (Å²) in [6, 6.07) is 12.0. The topological polar surface area (TPSA) is 84.9 Å². The first-order valence-corrected chi connectivity index (χ1v) is 10.6. The molecule has 0 saturated heterocycles. The van der Waals surface area contributed by atoms with Crippen molar-refractivity contribution in [2.24, 2.45) is 0 Å². The minimum Gasteiger partial charge on any atom is -0.481 e. The maximum absolute atomic E-state index is 12.0. The molecule has 31 heavy (non-hydrogen) atoms. The van der Waals surface area contributed by atoms with Gasteiger partial charge in [0.25, 0.3) is 0 Å². The van der Waals surface area contributed by atoms with E-state index in [2.05, 4.69) is 25.2 Å². The van der Waals surface area contributed by atoms with Crippen LogP contribution in [0, 0.1) is 0 Å². The van der Waals surface area contributed by atoms with E-state index in [4.69, 9.17) is 14.6 Å². The van der Waals surface area contributed by atoms with Gasteiger partial charge >= 0.3 is 12.1 Å². The fourth-order valence-corrected chi connectivity index (χ4v) is 3.89. The molecule has 1 aliphatic heterocycles. The summed E-state index contributed by atoms with van der Waals surface area (Å²) in [6.07, 6.45) is 0.603. The number of hydrogen-bond acceptors (Lipinski definition) is 4. The first kappa shape index (κ1) is 22.7. The number of nitrogens with one attached hydrogen (secondary N) is 1. The van der Waals surface area contributed by atoms with Gasteiger partial charge in [0.05, 0.1) is 0 Å². The molecule has 2 aromatic rings. The van der Waals surface area contributed by atoms with E-state index in [0.717, 1.165) is 33.8 Å². The molecule has 3 rings (SSSR count). The average Bonchev–Trinajstić information content (AvgIpc) is 2.65. The molecule has 0 saturated carbocycles. The van der Waals surface area contributed by atoms with Crippen LogP contribution in [0.4, 0.5) is 4.79 Å².